The minimum Gasteiger partial charge on any atom is -0.393 e. The van der Waals surface area contributed by atoms with Crippen molar-refractivity contribution in [1.82, 2.24) is 10.2 Å². The summed E-state index contributed by atoms with van der Waals surface area (Å²) < 4.78 is 0. The van der Waals surface area contributed by atoms with Crippen LogP contribution >= 0.6 is 0 Å². The van der Waals surface area contributed by atoms with Crippen LogP contribution in [0, 0.1) is 28.6 Å². The molecular formula is C55H66N2O4. The average molecular weight is 819 g/mol. The third kappa shape index (κ3) is 8.40. The Morgan fingerprint density at radius 2 is 1.46 bits per heavy atom. The van der Waals surface area contributed by atoms with Crippen molar-refractivity contribution in [2.75, 3.05) is 13.1 Å². The number of allylic oxidation sites excluding steroid dienone is 2. The maximum atomic E-state index is 15.2. The highest BCUT2D eigenvalue weighted by molar-refractivity contribution is 6.13. The normalized spacial score (nSPS) is 31.2. The Balaban J connectivity index is 1.11. The maximum absolute atomic E-state index is 15.2. The van der Waals surface area contributed by atoms with Crippen LogP contribution in [0.25, 0.3) is 11.1 Å². The van der Waals surface area contributed by atoms with E-state index in [1.165, 1.54) is 44.1 Å². The second-order valence-electron chi connectivity index (χ2n) is 20.5. The lowest BCUT2D eigenvalue weighted by Crippen LogP contribution is -2.59. The first-order valence-electron chi connectivity index (χ1n) is 23.4. The molecule has 5 fully saturated rings. The number of rotatable bonds is 9. The third-order valence-corrected chi connectivity index (χ3v) is 16.2. The second-order valence-corrected chi connectivity index (χ2v) is 20.5. The summed E-state index contributed by atoms with van der Waals surface area (Å²) in [4.78, 5) is 32.1. The fourth-order valence-corrected chi connectivity index (χ4v) is 13.4. The van der Waals surface area contributed by atoms with Crippen molar-refractivity contribution < 1.29 is 19.8 Å². The van der Waals surface area contributed by atoms with E-state index >= 15 is 4.79 Å². The zero-order chi connectivity index (χ0) is 42.4. The van der Waals surface area contributed by atoms with Crippen molar-refractivity contribution in [3.63, 3.8) is 0 Å². The van der Waals surface area contributed by atoms with E-state index in [2.05, 4.69) is 56.4 Å². The number of ketones is 1. The van der Waals surface area contributed by atoms with Crippen LogP contribution in [0.4, 0.5) is 4.79 Å². The van der Waals surface area contributed by atoms with E-state index in [9.17, 15) is 15.0 Å². The fraction of sp³-hybridized carbons (Fsp3) is 0.491. The lowest BCUT2D eigenvalue weighted by atomic mass is 9.49. The number of amides is 2. The van der Waals surface area contributed by atoms with Crippen LogP contribution in [-0.4, -0.2) is 51.7 Å². The smallest absolute Gasteiger partial charge is 0.317 e. The van der Waals surface area contributed by atoms with Crippen molar-refractivity contribution in [3.8, 4) is 11.1 Å². The van der Waals surface area contributed by atoms with Gasteiger partial charge in [-0.1, -0.05) is 116 Å². The summed E-state index contributed by atoms with van der Waals surface area (Å²) >= 11 is 0. The first-order chi connectivity index (χ1) is 29.4. The minimum absolute atomic E-state index is 0.0378. The van der Waals surface area contributed by atoms with Crippen LogP contribution in [0.15, 0.2) is 115 Å². The van der Waals surface area contributed by atoms with Gasteiger partial charge in [0.2, 0.25) is 0 Å². The summed E-state index contributed by atoms with van der Waals surface area (Å²) in [6.45, 7) is 7.38. The van der Waals surface area contributed by atoms with Gasteiger partial charge in [-0.15, -0.1) is 0 Å². The zero-order valence-corrected chi connectivity index (χ0v) is 36.6. The van der Waals surface area contributed by atoms with Crippen LogP contribution in [0.2, 0.25) is 0 Å². The Bertz CT molecular complexity index is 2210. The molecule has 7 aliphatic rings. The molecule has 6 heteroatoms. The minimum atomic E-state index is -1.21. The van der Waals surface area contributed by atoms with Gasteiger partial charge < -0.3 is 20.4 Å². The molecule has 0 spiro atoms. The molecule has 0 aromatic heterocycles. The highest BCUT2D eigenvalue weighted by Gasteiger charge is 2.59. The lowest BCUT2D eigenvalue weighted by Gasteiger charge is -2.58. The number of benzene rings is 4. The Morgan fingerprint density at radius 3 is 2.16 bits per heavy atom. The second kappa shape index (κ2) is 17.0. The topological polar surface area (TPSA) is 89.9 Å². The first-order valence-corrected chi connectivity index (χ1v) is 23.4. The van der Waals surface area contributed by atoms with Crippen LogP contribution in [0.5, 0.6) is 0 Å². The summed E-state index contributed by atoms with van der Waals surface area (Å²) in [7, 11) is 0. The molecule has 61 heavy (non-hydrogen) atoms. The van der Waals surface area contributed by atoms with E-state index in [0.717, 1.165) is 58.4 Å². The molecule has 320 valence electrons. The van der Waals surface area contributed by atoms with Crippen molar-refractivity contribution in [1.29, 1.82) is 0 Å². The molecule has 4 aromatic rings. The van der Waals surface area contributed by atoms with E-state index in [4.69, 9.17) is 0 Å². The third-order valence-electron chi connectivity index (χ3n) is 16.2. The summed E-state index contributed by atoms with van der Waals surface area (Å²) in [6, 6.07) is 34.1. The molecule has 5 saturated carbocycles. The average Bonchev–Trinajstić information content (AvgIpc) is 3.50. The molecule has 6 nitrogen and oxygen atoms in total. The Morgan fingerprint density at radius 1 is 0.803 bits per heavy atom. The number of aliphatic hydroxyl groups is 2. The molecule has 5 unspecified atom stereocenters. The Labute approximate surface area is 363 Å². The van der Waals surface area contributed by atoms with Crippen molar-refractivity contribution in [2.24, 2.45) is 28.6 Å². The van der Waals surface area contributed by atoms with Crippen molar-refractivity contribution >= 4 is 11.8 Å². The number of nitrogens with one attached hydrogen (secondary N) is 1. The zero-order valence-electron chi connectivity index (χ0n) is 36.6. The molecule has 0 aliphatic heterocycles. The Kier molecular flexibility index (Phi) is 11.6. The molecule has 2 amide bonds. The highest BCUT2D eigenvalue weighted by Crippen LogP contribution is 2.62. The number of hydrogen-bond acceptors (Lipinski definition) is 4. The maximum Gasteiger partial charge on any atom is 0.317 e. The fourth-order valence-electron chi connectivity index (χ4n) is 13.4. The van der Waals surface area contributed by atoms with Crippen LogP contribution in [-0.2, 0) is 6.42 Å². The number of aliphatic hydroxyl groups excluding tert-OH is 1. The molecule has 11 rings (SSSR count). The van der Waals surface area contributed by atoms with Crippen molar-refractivity contribution in [3.05, 3.63) is 143 Å². The summed E-state index contributed by atoms with van der Waals surface area (Å²) in [6.07, 6.45) is 13.9. The molecule has 5 atom stereocenters. The summed E-state index contributed by atoms with van der Waals surface area (Å²) in [5.74, 6) is 2.07. The van der Waals surface area contributed by atoms with Crippen LogP contribution in [0.1, 0.15) is 142 Å². The van der Waals surface area contributed by atoms with E-state index < -0.39 is 17.1 Å². The predicted octanol–water partition coefficient (Wildman–Crippen LogP) is 11.6. The van der Waals surface area contributed by atoms with Gasteiger partial charge in [0.25, 0.3) is 0 Å². The van der Waals surface area contributed by atoms with Crippen molar-refractivity contribution in [2.45, 2.75) is 128 Å². The number of nitrogens with zero attached hydrogens (tertiary/aromatic N) is 1. The highest BCUT2D eigenvalue weighted by atomic mass is 16.3. The largest absolute Gasteiger partial charge is 0.393 e. The van der Waals surface area contributed by atoms with Gasteiger partial charge in [-0.3, -0.25) is 4.79 Å². The molecule has 3 N–H and O–H groups in total. The van der Waals surface area contributed by atoms with Gasteiger partial charge in [-0.05, 0) is 160 Å². The van der Waals surface area contributed by atoms with E-state index in [1.54, 1.807) is 0 Å². The summed E-state index contributed by atoms with van der Waals surface area (Å²) in [5, 5.41) is 28.2. The van der Waals surface area contributed by atoms with Gasteiger partial charge in [0.1, 0.15) is 0 Å². The molecule has 7 aliphatic carbocycles. The number of hydrogen-bond donors (Lipinski definition) is 3. The molecule has 0 heterocycles. The van der Waals surface area contributed by atoms with E-state index in [1.807, 2.05) is 83.8 Å². The molecule has 4 aromatic carbocycles. The van der Waals surface area contributed by atoms with Gasteiger partial charge in [0.05, 0.1) is 24.3 Å². The number of urea groups is 1. The number of fused-ring (bicyclic) bond motifs is 8. The molecular weight excluding hydrogens is 753 g/mol. The van der Waals surface area contributed by atoms with Gasteiger partial charge in [0, 0.05) is 23.1 Å². The van der Waals surface area contributed by atoms with Gasteiger partial charge in [-0.25, -0.2) is 4.79 Å². The first kappa shape index (κ1) is 41.8. The van der Waals surface area contributed by atoms with Gasteiger partial charge >= 0.3 is 6.03 Å². The molecule has 6 bridgehead atoms. The SMILES string of the molecule is CC1=CCCC2(C)C(CCC2(O)CN(CC23CC4CC(CC(C4)C2)C3)C(=O)NC(C)c2ccccc2)c2ccc(cc2C(=O)c2ccccc2-c2ccccc2)CC(O)CC1. The number of carbonyl (C=O) groups is 2. The molecule has 0 radical (unpaired) electrons. The standard InChI is InChI=1S/C55H66N2O4/c1-37-13-12-25-53(3)50(47-23-21-39(30-45(58)22-20-37)31-49(47)51(59)48-19-11-10-18-46(48)44-16-8-5-9-17-44)24-26-55(53,61)36-57(52(60)56-38(2)43-14-6-4-7-15-43)35-54-32-40-27-41(33-54)29-42(28-40)34-54/h4-11,13-19,21,23,31,38,40-42,45,50,58,61H,12,20,22,24-30,32-36H2,1-3H3,(H,56,60). The monoisotopic (exact) mass is 819 g/mol. The predicted molar refractivity (Wildman–Crippen MR) is 244 cm³/mol. The summed E-state index contributed by atoms with van der Waals surface area (Å²) in [5.41, 5.74) is 5.61. The van der Waals surface area contributed by atoms with Crippen LogP contribution in [0.3, 0.4) is 0 Å². The van der Waals surface area contributed by atoms with Gasteiger partial charge in [0.15, 0.2) is 5.78 Å². The van der Waals surface area contributed by atoms with E-state index in [-0.39, 0.29) is 35.7 Å². The van der Waals surface area contributed by atoms with Gasteiger partial charge in [-0.2, -0.15) is 0 Å². The Hall–Kier alpha value is -4.52. The van der Waals surface area contributed by atoms with E-state index in [0.29, 0.717) is 49.8 Å². The number of carbonyl (C=O) groups excluding carboxylic acids is 2. The quantitative estimate of drug-likeness (QED) is 0.116. The molecule has 0 saturated heterocycles. The lowest BCUT2D eigenvalue weighted by molar-refractivity contribution is -0.0985. The van der Waals surface area contributed by atoms with Crippen LogP contribution < -0.4 is 5.32 Å².